The number of aromatic nitrogens is 2. The molecule has 4 heteroatoms. The zero-order valence-corrected chi connectivity index (χ0v) is 10.2. The Morgan fingerprint density at radius 2 is 1.33 bits per heavy atom. The van der Waals surface area contributed by atoms with Gasteiger partial charge in [0, 0.05) is 11.1 Å². The van der Waals surface area contributed by atoms with Crippen molar-refractivity contribution in [2.75, 3.05) is 0 Å². The normalized spacial score (nSPS) is 10.8. The predicted octanol–water partition coefficient (Wildman–Crippen LogP) is 3.61. The molecular weight excluding hydrogens is 228 g/mol. The van der Waals surface area contributed by atoms with Crippen LogP contribution in [0, 0.1) is 13.8 Å². The fourth-order valence-corrected chi connectivity index (χ4v) is 1.96. The predicted molar refractivity (Wildman–Crippen MR) is 66.9 cm³/mol. The van der Waals surface area contributed by atoms with Crippen molar-refractivity contribution in [1.29, 1.82) is 0 Å². The van der Waals surface area contributed by atoms with Crippen molar-refractivity contribution in [3.63, 3.8) is 0 Å². The van der Waals surface area contributed by atoms with Gasteiger partial charge < -0.3 is 8.83 Å². The van der Waals surface area contributed by atoms with Crippen LogP contribution in [-0.4, -0.2) is 9.97 Å². The highest BCUT2D eigenvalue weighted by Crippen LogP contribution is 2.29. The zero-order valence-electron chi connectivity index (χ0n) is 10.2. The molecule has 0 aliphatic carbocycles. The molecule has 4 nitrogen and oxygen atoms in total. The van der Waals surface area contributed by atoms with Gasteiger partial charge in [-0.3, -0.25) is 0 Å². The maximum atomic E-state index is 5.40. The molecule has 0 aliphatic rings. The van der Waals surface area contributed by atoms with Crippen LogP contribution in [0.1, 0.15) is 11.4 Å². The molecule has 0 saturated heterocycles. The van der Waals surface area contributed by atoms with Crippen LogP contribution < -0.4 is 0 Å². The van der Waals surface area contributed by atoms with E-state index in [0.717, 1.165) is 34.0 Å². The lowest BCUT2D eigenvalue weighted by Gasteiger charge is -2.02. The number of rotatable bonds is 2. The van der Waals surface area contributed by atoms with Gasteiger partial charge in [-0.2, -0.15) is 0 Å². The molecule has 0 radical (unpaired) electrons. The molecule has 0 saturated carbocycles. The first-order valence-corrected chi connectivity index (χ1v) is 5.66. The Hall–Kier alpha value is -2.36. The molecule has 3 aromatic rings. The summed E-state index contributed by atoms with van der Waals surface area (Å²) in [5, 5.41) is 0. The van der Waals surface area contributed by atoms with E-state index in [0.29, 0.717) is 0 Å². The second kappa shape index (κ2) is 4.14. The summed E-state index contributed by atoms with van der Waals surface area (Å²) in [6.07, 6.45) is 2.91. The highest BCUT2D eigenvalue weighted by atomic mass is 16.3. The number of hydrogen-bond acceptors (Lipinski definition) is 4. The van der Waals surface area contributed by atoms with Gasteiger partial charge in [0.25, 0.3) is 0 Å². The Balaban J connectivity index is 2.11. The summed E-state index contributed by atoms with van der Waals surface area (Å²) in [4.78, 5) is 8.20. The van der Waals surface area contributed by atoms with E-state index < -0.39 is 0 Å². The second-order valence-electron chi connectivity index (χ2n) is 4.11. The first-order valence-electron chi connectivity index (χ1n) is 5.66. The summed E-state index contributed by atoms with van der Waals surface area (Å²) in [5.74, 6) is 1.57. The van der Waals surface area contributed by atoms with Crippen molar-refractivity contribution in [2.24, 2.45) is 0 Å². The fourth-order valence-electron chi connectivity index (χ4n) is 1.96. The summed E-state index contributed by atoms with van der Waals surface area (Å²) in [5.41, 5.74) is 3.72. The van der Waals surface area contributed by atoms with Crippen molar-refractivity contribution < 1.29 is 8.83 Å². The summed E-state index contributed by atoms with van der Waals surface area (Å²) in [6.45, 7) is 3.84. The summed E-state index contributed by atoms with van der Waals surface area (Å²) >= 11 is 0. The monoisotopic (exact) mass is 240 g/mol. The Morgan fingerprint density at radius 1 is 0.833 bits per heavy atom. The van der Waals surface area contributed by atoms with Crippen LogP contribution in [0.15, 0.2) is 45.9 Å². The Labute approximate surface area is 104 Å². The van der Waals surface area contributed by atoms with E-state index in [1.807, 2.05) is 38.1 Å². The van der Waals surface area contributed by atoms with Gasteiger partial charge in [0.05, 0.1) is 11.4 Å². The molecule has 0 bridgehead atoms. The minimum absolute atomic E-state index is 0.786. The number of aryl methyl sites for hydroxylation is 2. The largest absolute Gasteiger partial charge is 0.443 e. The standard InChI is InChI=1S/C14H12N2O2/c1-9-13(17-7-15-9)11-4-3-5-12(6-11)14-10(2)16-8-18-14/h3-8H,1-2H3. The van der Waals surface area contributed by atoms with Crippen molar-refractivity contribution in [2.45, 2.75) is 13.8 Å². The Kier molecular flexibility index (Phi) is 2.48. The number of nitrogens with zero attached hydrogens (tertiary/aromatic N) is 2. The first-order chi connectivity index (χ1) is 8.75. The molecule has 18 heavy (non-hydrogen) atoms. The topological polar surface area (TPSA) is 52.1 Å². The maximum absolute atomic E-state index is 5.40. The number of hydrogen-bond donors (Lipinski definition) is 0. The molecule has 0 aliphatic heterocycles. The minimum Gasteiger partial charge on any atom is -0.443 e. The van der Waals surface area contributed by atoms with Gasteiger partial charge in [-0.15, -0.1) is 0 Å². The van der Waals surface area contributed by atoms with E-state index in [1.54, 1.807) is 0 Å². The first kappa shape index (κ1) is 10.8. The molecule has 0 N–H and O–H groups in total. The molecule has 3 rings (SSSR count). The zero-order chi connectivity index (χ0) is 12.5. The number of benzene rings is 1. The van der Waals surface area contributed by atoms with Crippen LogP contribution in [0.25, 0.3) is 22.6 Å². The van der Waals surface area contributed by atoms with Crippen LogP contribution in [0.3, 0.4) is 0 Å². The molecule has 0 spiro atoms. The second-order valence-corrected chi connectivity index (χ2v) is 4.11. The third-order valence-corrected chi connectivity index (χ3v) is 2.88. The summed E-state index contributed by atoms with van der Waals surface area (Å²) in [7, 11) is 0. The van der Waals surface area contributed by atoms with E-state index in [1.165, 1.54) is 12.8 Å². The van der Waals surface area contributed by atoms with E-state index in [4.69, 9.17) is 8.83 Å². The van der Waals surface area contributed by atoms with Gasteiger partial charge in [-0.1, -0.05) is 18.2 Å². The molecule has 2 aromatic heterocycles. The van der Waals surface area contributed by atoms with Gasteiger partial charge in [-0.25, -0.2) is 9.97 Å². The van der Waals surface area contributed by atoms with Gasteiger partial charge in [0.2, 0.25) is 0 Å². The smallest absolute Gasteiger partial charge is 0.181 e. The van der Waals surface area contributed by atoms with Crippen molar-refractivity contribution in [3.8, 4) is 22.6 Å². The van der Waals surface area contributed by atoms with Crippen LogP contribution in [0.5, 0.6) is 0 Å². The lowest BCUT2D eigenvalue weighted by atomic mass is 10.1. The molecule has 90 valence electrons. The van der Waals surface area contributed by atoms with Crippen molar-refractivity contribution in [1.82, 2.24) is 9.97 Å². The van der Waals surface area contributed by atoms with Gasteiger partial charge in [-0.05, 0) is 19.9 Å². The molecule has 0 atom stereocenters. The highest BCUT2D eigenvalue weighted by molar-refractivity contribution is 5.69. The fraction of sp³-hybridized carbons (Fsp3) is 0.143. The van der Waals surface area contributed by atoms with E-state index in [2.05, 4.69) is 9.97 Å². The Morgan fingerprint density at radius 3 is 1.72 bits per heavy atom. The molecular formula is C14H12N2O2. The quantitative estimate of drug-likeness (QED) is 0.686. The molecule has 0 amide bonds. The van der Waals surface area contributed by atoms with Gasteiger partial charge in [0.15, 0.2) is 24.3 Å². The highest BCUT2D eigenvalue weighted by Gasteiger charge is 2.11. The van der Waals surface area contributed by atoms with Crippen molar-refractivity contribution >= 4 is 0 Å². The van der Waals surface area contributed by atoms with E-state index in [9.17, 15) is 0 Å². The third-order valence-electron chi connectivity index (χ3n) is 2.88. The van der Waals surface area contributed by atoms with Crippen LogP contribution in [0.2, 0.25) is 0 Å². The van der Waals surface area contributed by atoms with Crippen LogP contribution in [0.4, 0.5) is 0 Å². The van der Waals surface area contributed by atoms with Gasteiger partial charge in [0.1, 0.15) is 0 Å². The SMILES string of the molecule is Cc1ncoc1-c1cccc(-c2ocnc2C)c1. The Bertz CT molecular complexity index is 627. The van der Waals surface area contributed by atoms with E-state index in [-0.39, 0.29) is 0 Å². The van der Waals surface area contributed by atoms with Gasteiger partial charge >= 0.3 is 0 Å². The minimum atomic E-state index is 0.786. The average Bonchev–Trinajstić information content (AvgIpc) is 2.98. The summed E-state index contributed by atoms with van der Waals surface area (Å²) < 4.78 is 10.8. The lowest BCUT2D eigenvalue weighted by Crippen LogP contribution is -1.82. The van der Waals surface area contributed by atoms with Crippen molar-refractivity contribution in [3.05, 3.63) is 48.4 Å². The molecule has 2 heterocycles. The van der Waals surface area contributed by atoms with Crippen LogP contribution >= 0.6 is 0 Å². The van der Waals surface area contributed by atoms with Crippen LogP contribution in [-0.2, 0) is 0 Å². The average molecular weight is 240 g/mol. The summed E-state index contributed by atoms with van der Waals surface area (Å²) in [6, 6.07) is 7.96. The third kappa shape index (κ3) is 1.72. The molecule has 0 fully saturated rings. The van der Waals surface area contributed by atoms with E-state index >= 15 is 0 Å². The number of oxazole rings is 2. The lowest BCUT2D eigenvalue weighted by molar-refractivity contribution is 0.569. The maximum Gasteiger partial charge on any atom is 0.181 e. The molecule has 1 aromatic carbocycles. The molecule has 0 unspecified atom stereocenters.